The number of nitrogen functional groups attached to an aromatic ring is 1. The second-order valence-electron chi connectivity index (χ2n) is 4.50. The van der Waals surface area contributed by atoms with E-state index in [1.807, 2.05) is 0 Å². The van der Waals surface area contributed by atoms with E-state index >= 15 is 0 Å². The molecule has 0 radical (unpaired) electrons. The van der Waals surface area contributed by atoms with E-state index in [4.69, 9.17) is 5.73 Å². The molecule has 0 aliphatic carbocycles. The van der Waals surface area contributed by atoms with Gasteiger partial charge in [-0.1, -0.05) is 30.3 Å². The van der Waals surface area contributed by atoms with Crippen LogP contribution in [0.2, 0.25) is 0 Å². The molecule has 2 N–H and O–H groups in total. The molecule has 0 atom stereocenters. The molecule has 2 aromatic rings. The van der Waals surface area contributed by atoms with Crippen LogP contribution in [-0.4, -0.2) is 8.42 Å². The molecule has 0 saturated carbocycles. The van der Waals surface area contributed by atoms with Crippen molar-refractivity contribution in [2.24, 2.45) is 0 Å². The van der Waals surface area contributed by atoms with E-state index in [9.17, 15) is 21.6 Å². The van der Waals surface area contributed by atoms with Gasteiger partial charge in [-0.3, -0.25) is 0 Å². The maximum Gasteiger partial charge on any atom is 0.416 e. The van der Waals surface area contributed by atoms with Crippen molar-refractivity contribution < 1.29 is 21.6 Å². The Balaban J connectivity index is 2.36. The standard InChI is InChI=1S/C14H12F3NO2S/c15-14(16,17)11-5-3-4-10(8-11)9-21(19,20)13-7-2-1-6-12(13)18/h1-8H,9,18H2. The van der Waals surface area contributed by atoms with Gasteiger partial charge in [-0.25, -0.2) is 8.42 Å². The predicted octanol–water partition coefficient (Wildman–Crippen LogP) is 3.26. The monoisotopic (exact) mass is 315 g/mol. The summed E-state index contributed by atoms with van der Waals surface area (Å²) >= 11 is 0. The molecular formula is C14H12F3NO2S. The molecular weight excluding hydrogens is 303 g/mol. The molecule has 0 aromatic heterocycles. The van der Waals surface area contributed by atoms with Crippen molar-refractivity contribution >= 4 is 15.5 Å². The Morgan fingerprint density at radius 3 is 2.29 bits per heavy atom. The summed E-state index contributed by atoms with van der Waals surface area (Å²) in [4.78, 5) is -0.0811. The third kappa shape index (κ3) is 3.55. The number of halogens is 3. The van der Waals surface area contributed by atoms with Crippen LogP contribution in [-0.2, 0) is 21.8 Å². The number of sulfone groups is 1. The Labute approximate surface area is 120 Å². The van der Waals surface area contributed by atoms with Gasteiger partial charge in [-0.2, -0.15) is 13.2 Å². The fourth-order valence-electron chi connectivity index (χ4n) is 1.90. The minimum Gasteiger partial charge on any atom is -0.398 e. The lowest BCUT2D eigenvalue weighted by atomic mass is 10.1. The van der Waals surface area contributed by atoms with Crippen molar-refractivity contribution in [1.82, 2.24) is 0 Å². The number of anilines is 1. The lowest BCUT2D eigenvalue weighted by Gasteiger charge is -2.10. The summed E-state index contributed by atoms with van der Waals surface area (Å²) in [7, 11) is -3.80. The van der Waals surface area contributed by atoms with Crippen LogP contribution in [0.4, 0.5) is 18.9 Å². The zero-order chi connectivity index (χ0) is 15.7. The molecule has 0 saturated heterocycles. The summed E-state index contributed by atoms with van der Waals surface area (Å²) in [6.45, 7) is 0. The quantitative estimate of drug-likeness (QED) is 0.884. The third-order valence-corrected chi connectivity index (χ3v) is 4.62. The van der Waals surface area contributed by atoms with Crippen molar-refractivity contribution in [1.29, 1.82) is 0 Å². The Bertz CT molecular complexity index is 755. The number of para-hydroxylation sites is 1. The minimum absolute atomic E-state index is 0.0630. The van der Waals surface area contributed by atoms with Gasteiger partial charge >= 0.3 is 6.18 Å². The average molecular weight is 315 g/mol. The van der Waals surface area contributed by atoms with Gasteiger partial charge in [0.05, 0.1) is 21.9 Å². The Hall–Kier alpha value is -2.02. The first-order chi connectivity index (χ1) is 9.70. The van der Waals surface area contributed by atoms with Crippen LogP contribution in [0.5, 0.6) is 0 Å². The molecule has 0 aliphatic rings. The van der Waals surface area contributed by atoms with Crippen LogP contribution >= 0.6 is 0 Å². The summed E-state index contributed by atoms with van der Waals surface area (Å²) in [5.74, 6) is -0.537. The van der Waals surface area contributed by atoms with E-state index in [0.717, 1.165) is 12.1 Å². The Kier molecular flexibility index (Phi) is 3.95. The van der Waals surface area contributed by atoms with Crippen molar-refractivity contribution in [3.05, 3.63) is 59.7 Å². The first kappa shape index (κ1) is 15.4. The molecule has 0 amide bonds. The second-order valence-corrected chi connectivity index (χ2v) is 6.45. The molecule has 0 heterocycles. The zero-order valence-electron chi connectivity index (χ0n) is 10.8. The van der Waals surface area contributed by atoms with Gasteiger partial charge < -0.3 is 5.73 Å². The first-order valence-electron chi connectivity index (χ1n) is 5.93. The van der Waals surface area contributed by atoms with E-state index in [-0.39, 0.29) is 16.1 Å². The van der Waals surface area contributed by atoms with Gasteiger partial charge in [0.1, 0.15) is 0 Å². The maximum absolute atomic E-state index is 12.6. The molecule has 3 nitrogen and oxygen atoms in total. The highest BCUT2D eigenvalue weighted by atomic mass is 32.2. The van der Waals surface area contributed by atoms with Crippen molar-refractivity contribution in [3.8, 4) is 0 Å². The molecule has 0 fully saturated rings. The molecule has 112 valence electrons. The molecule has 0 bridgehead atoms. The van der Waals surface area contributed by atoms with Gasteiger partial charge in [0.2, 0.25) is 0 Å². The van der Waals surface area contributed by atoms with E-state index in [1.54, 1.807) is 6.07 Å². The number of nitrogens with two attached hydrogens (primary N) is 1. The van der Waals surface area contributed by atoms with Crippen LogP contribution in [0.15, 0.2) is 53.4 Å². The molecule has 2 rings (SSSR count). The Morgan fingerprint density at radius 2 is 1.67 bits per heavy atom. The number of rotatable bonds is 3. The number of hydrogen-bond acceptors (Lipinski definition) is 3. The average Bonchev–Trinajstić information content (AvgIpc) is 2.37. The zero-order valence-corrected chi connectivity index (χ0v) is 11.6. The fraction of sp³-hybridized carbons (Fsp3) is 0.143. The Morgan fingerprint density at radius 1 is 1.00 bits per heavy atom. The van der Waals surface area contributed by atoms with Crippen LogP contribution in [0.1, 0.15) is 11.1 Å². The van der Waals surface area contributed by atoms with Crippen LogP contribution in [0.25, 0.3) is 0 Å². The lowest BCUT2D eigenvalue weighted by molar-refractivity contribution is -0.137. The smallest absolute Gasteiger partial charge is 0.398 e. The molecule has 0 unspecified atom stereocenters. The van der Waals surface area contributed by atoms with Crippen molar-refractivity contribution in [2.45, 2.75) is 16.8 Å². The normalized spacial score (nSPS) is 12.3. The van der Waals surface area contributed by atoms with Crippen molar-refractivity contribution in [2.75, 3.05) is 5.73 Å². The predicted molar refractivity (Wildman–Crippen MR) is 73.2 cm³/mol. The van der Waals surface area contributed by atoms with Crippen LogP contribution in [0.3, 0.4) is 0 Å². The summed E-state index contributed by atoms with van der Waals surface area (Å²) in [6.07, 6.45) is -4.51. The maximum atomic E-state index is 12.6. The lowest BCUT2D eigenvalue weighted by Crippen LogP contribution is -2.10. The van der Waals surface area contributed by atoms with E-state index < -0.39 is 27.3 Å². The van der Waals surface area contributed by atoms with Crippen molar-refractivity contribution in [3.63, 3.8) is 0 Å². The molecule has 2 aromatic carbocycles. The highest BCUT2D eigenvalue weighted by Crippen LogP contribution is 2.30. The molecule has 21 heavy (non-hydrogen) atoms. The summed E-state index contributed by atoms with van der Waals surface area (Å²) in [5.41, 5.74) is 4.86. The van der Waals surface area contributed by atoms with Gasteiger partial charge in [0, 0.05) is 0 Å². The highest BCUT2D eigenvalue weighted by Gasteiger charge is 2.30. The summed E-state index contributed by atoms with van der Waals surface area (Å²) in [6, 6.07) is 10.1. The molecule has 0 spiro atoms. The van der Waals surface area contributed by atoms with E-state index in [0.29, 0.717) is 0 Å². The van der Waals surface area contributed by atoms with E-state index in [2.05, 4.69) is 0 Å². The SMILES string of the molecule is Nc1ccccc1S(=O)(=O)Cc1cccc(C(F)(F)F)c1. The number of benzene rings is 2. The van der Waals surface area contributed by atoms with Gasteiger partial charge in [-0.05, 0) is 23.8 Å². The minimum atomic E-state index is -4.51. The van der Waals surface area contributed by atoms with E-state index in [1.165, 1.54) is 30.3 Å². The molecule has 0 aliphatic heterocycles. The largest absolute Gasteiger partial charge is 0.416 e. The van der Waals surface area contributed by atoms with Gasteiger partial charge in [0.15, 0.2) is 9.84 Å². The van der Waals surface area contributed by atoms with Gasteiger partial charge in [-0.15, -0.1) is 0 Å². The number of alkyl halides is 3. The summed E-state index contributed by atoms with van der Waals surface area (Å²) < 4.78 is 62.3. The topological polar surface area (TPSA) is 60.2 Å². The van der Waals surface area contributed by atoms with Crippen LogP contribution in [0, 0.1) is 0 Å². The van der Waals surface area contributed by atoms with Crippen LogP contribution < -0.4 is 5.73 Å². The molecule has 7 heteroatoms. The first-order valence-corrected chi connectivity index (χ1v) is 7.59. The highest BCUT2D eigenvalue weighted by molar-refractivity contribution is 7.90. The number of hydrogen-bond donors (Lipinski definition) is 1. The summed E-state index contributed by atoms with van der Waals surface area (Å²) in [5, 5.41) is 0. The van der Waals surface area contributed by atoms with Gasteiger partial charge in [0.25, 0.3) is 0 Å². The second kappa shape index (κ2) is 5.40. The fourth-order valence-corrected chi connectivity index (χ4v) is 3.39. The third-order valence-electron chi connectivity index (χ3n) is 2.87.